The Morgan fingerprint density at radius 1 is 1.09 bits per heavy atom. The van der Waals surface area contributed by atoms with E-state index in [4.69, 9.17) is 14.6 Å². The number of imidazole rings is 1. The molecular formula is C23H20F3N5O4. The lowest BCUT2D eigenvalue weighted by Gasteiger charge is -2.09. The van der Waals surface area contributed by atoms with Crippen LogP contribution in [-0.4, -0.2) is 45.3 Å². The minimum Gasteiger partial charge on any atom is -0.497 e. The third-order valence-electron chi connectivity index (χ3n) is 4.61. The van der Waals surface area contributed by atoms with Crippen LogP contribution in [0.15, 0.2) is 67.1 Å². The highest BCUT2D eigenvalue weighted by molar-refractivity contribution is 5.91. The zero-order chi connectivity index (χ0) is 25.4. The quantitative estimate of drug-likeness (QED) is 0.326. The maximum absolute atomic E-state index is 12.2. The highest BCUT2D eigenvalue weighted by Gasteiger charge is 2.38. The average Bonchev–Trinajstić information content (AvgIpc) is 3.32. The van der Waals surface area contributed by atoms with Crippen LogP contribution in [0.4, 0.5) is 23.7 Å². The minimum absolute atomic E-state index is 0.268. The third kappa shape index (κ3) is 6.93. The molecule has 0 radical (unpaired) electrons. The molecule has 2 aromatic heterocycles. The third-order valence-corrected chi connectivity index (χ3v) is 4.61. The first kappa shape index (κ1) is 25.0. The number of carbonyl (C=O) groups is 2. The summed E-state index contributed by atoms with van der Waals surface area (Å²) in [5.41, 5.74) is 5.26. The average molecular weight is 487 g/mol. The number of pyridine rings is 1. The highest BCUT2D eigenvalue weighted by Crippen LogP contribution is 2.26. The van der Waals surface area contributed by atoms with E-state index in [0.29, 0.717) is 17.9 Å². The molecule has 0 atom stereocenters. The molecule has 12 heteroatoms. The van der Waals surface area contributed by atoms with Crippen LogP contribution in [0.5, 0.6) is 5.75 Å². The molecule has 4 rings (SSSR count). The Labute approximate surface area is 197 Å². The van der Waals surface area contributed by atoms with Crippen LogP contribution in [0.25, 0.3) is 22.3 Å². The molecule has 4 aromatic rings. The van der Waals surface area contributed by atoms with Gasteiger partial charge in [-0.3, -0.25) is 0 Å². The Kier molecular flexibility index (Phi) is 7.87. The fourth-order valence-electron chi connectivity index (χ4n) is 2.96. The van der Waals surface area contributed by atoms with Crippen molar-refractivity contribution in [3.05, 3.63) is 72.7 Å². The standard InChI is InChI=1S/C21H19N5O2.C2HF3O2/c1-28-17-4-2-3-14(11-17)12-23-21(27)26-16-7-5-15(6-8-16)18-9-10-22-20-19(18)24-13-25-20;3-2(4,5)1(6)7/h2-11,13H,12H2,1H3,(H,22,24,25)(H2,23,26,27);(H,6,7). The molecule has 0 unspecified atom stereocenters. The van der Waals surface area contributed by atoms with Crippen LogP contribution in [0.1, 0.15) is 5.56 Å². The van der Waals surface area contributed by atoms with E-state index in [1.54, 1.807) is 19.6 Å². The molecule has 0 bridgehead atoms. The molecule has 0 aliphatic heterocycles. The molecule has 0 saturated heterocycles. The summed E-state index contributed by atoms with van der Waals surface area (Å²) >= 11 is 0. The molecule has 0 aliphatic rings. The molecule has 0 saturated carbocycles. The summed E-state index contributed by atoms with van der Waals surface area (Å²) in [6.45, 7) is 0.413. The van der Waals surface area contributed by atoms with Gasteiger partial charge in [0.25, 0.3) is 0 Å². The van der Waals surface area contributed by atoms with Crippen molar-refractivity contribution in [3.8, 4) is 16.9 Å². The molecule has 0 fully saturated rings. The van der Waals surface area contributed by atoms with Crippen LogP contribution in [0.2, 0.25) is 0 Å². The number of fused-ring (bicyclic) bond motifs is 1. The van der Waals surface area contributed by atoms with Crippen LogP contribution in [0.3, 0.4) is 0 Å². The lowest BCUT2D eigenvalue weighted by atomic mass is 10.1. The summed E-state index contributed by atoms with van der Waals surface area (Å²) in [6, 6.07) is 16.9. The second kappa shape index (κ2) is 11.0. The fraction of sp³-hybridized carbons (Fsp3) is 0.130. The molecule has 4 N–H and O–H groups in total. The number of aromatic amines is 1. The summed E-state index contributed by atoms with van der Waals surface area (Å²) < 4.78 is 36.9. The summed E-state index contributed by atoms with van der Waals surface area (Å²) in [4.78, 5) is 32.6. The first-order valence-electron chi connectivity index (χ1n) is 10.0. The van der Waals surface area contributed by atoms with Crippen molar-refractivity contribution in [3.63, 3.8) is 0 Å². The molecule has 2 amide bonds. The van der Waals surface area contributed by atoms with E-state index in [0.717, 1.165) is 28.0 Å². The van der Waals surface area contributed by atoms with Crippen molar-refractivity contribution in [2.24, 2.45) is 0 Å². The number of urea groups is 1. The van der Waals surface area contributed by atoms with Gasteiger partial charge in [0.1, 0.15) is 5.75 Å². The second-order valence-electron chi connectivity index (χ2n) is 7.00. The van der Waals surface area contributed by atoms with Crippen LogP contribution in [-0.2, 0) is 11.3 Å². The number of nitrogens with one attached hydrogen (secondary N) is 3. The van der Waals surface area contributed by atoms with Gasteiger partial charge in [-0.1, -0.05) is 24.3 Å². The number of aromatic nitrogens is 3. The minimum atomic E-state index is -5.08. The molecule has 0 aliphatic carbocycles. The van der Waals surface area contributed by atoms with Gasteiger partial charge < -0.3 is 25.5 Å². The Bertz CT molecular complexity index is 1310. The number of halogens is 3. The maximum Gasteiger partial charge on any atom is 0.490 e. The molecular weight excluding hydrogens is 467 g/mol. The van der Waals surface area contributed by atoms with E-state index in [-0.39, 0.29) is 6.03 Å². The van der Waals surface area contributed by atoms with E-state index in [1.165, 1.54) is 0 Å². The predicted octanol–water partition coefficient (Wildman–Crippen LogP) is 4.59. The van der Waals surface area contributed by atoms with Crippen molar-refractivity contribution >= 4 is 28.9 Å². The first-order chi connectivity index (χ1) is 16.7. The number of hydrogen-bond acceptors (Lipinski definition) is 5. The van der Waals surface area contributed by atoms with Gasteiger partial charge in [0.05, 0.1) is 19.0 Å². The predicted molar refractivity (Wildman–Crippen MR) is 122 cm³/mol. The van der Waals surface area contributed by atoms with Gasteiger partial charge >= 0.3 is 18.2 Å². The van der Waals surface area contributed by atoms with Crippen LogP contribution in [0, 0.1) is 0 Å². The lowest BCUT2D eigenvalue weighted by Crippen LogP contribution is -2.28. The monoisotopic (exact) mass is 487 g/mol. The Hall–Kier alpha value is -4.61. The lowest BCUT2D eigenvalue weighted by molar-refractivity contribution is -0.192. The van der Waals surface area contributed by atoms with Gasteiger partial charge in [-0.05, 0) is 41.5 Å². The highest BCUT2D eigenvalue weighted by atomic mass is 19.4. The number of nitrogens with zero attached hydrogens (tertiary/aromatic N) is 2. The van der Waals surface area contributed by atoms with E-state index in [2.05, 4.69) is 25.6 Å². The molecule has 35 heavy (non-hydrogen) atoms. The van der Waals surface area contributed by atoms with Crippen LogP contribution < -0.4 is 15.4 Å². The van der Waals surface area contributed by atoms with Gasteiger partial charge in [-0.2, -0.15) is 13.2 Å². The van der Waals surface area contributed by atoms with Gasteiger partial charge in [0, 0.05) is 24.0 Å². The number of carboxylic acids is 1. The van der Waals surface area contributed by atoms with E-state index in [1.807, 2.05) is 54.6 Å². The number of H-pyrrole nitrogens is 1. The number of anilines is 1. The number of alkyl halides is 3. The number of methoxy groups -OCH3 is 1. The Morgan fingerprint density at radius 2 is 1.80 bits per heavy atom. The van der Waals surface area contributed by atoms with Crippen molar-refractivity contribution in [1.29, 1.82) is 0 Å². The van der Waals surface area contributed by atoms with Crippen molar-refractivity contribution < 1.29 is 32.6 Å². The van der Waals surface area contributed by atoms with Gasteiger partial charge in [-0.15, -0.1) is 0 Å². The number of hydrogen-bond donors (Lipinski definition) is 4. The molecule has 2 heterocycles. The number of benzene rings is 2. The Morgan fingerprint density at radius 3 is 2.46 bits per heavy atom. The van der Waals surface area contributed by atoms with Crippen molar-refractivity contribution in [1.82, 2.24) is 20.3 Å². The number of aliphatic carboxylic acids is 1. The molecule has 0 spiro atoms. The zero-order valence-electron chi connectivity index (χ0n) is 18.3. The summed E-state index contributed by atoms with van der Waals surface area (Å²) in [7, 11) is 1.62. The summed E-state index contributed by atoms with van der Waals surface area (Å²) in [5.74, 6) is -2.00. The molecule has 2 aromatic carbocycles. The smallest absolute Gasteiger partial charge is 0.490 e. The topological polar surface area (TPSA) is 129 Å². The number of amides is 2. The SMILES string of the molecule is COc1cccc(CNC(=O)Nc2ccc(-c3ccnc4nc[nH]c34)cc2)c1.O=C(O)C(F)(F)F. The maximum atomic E-state index is 12.2. The van der Waals surface area contributed by atoms with Crippen molar-refractivity contribution in [2.45, 2.75) is 12.7 Å². The first-order valence-corrected chi connectivity index (χ1v) is 10.0. The summed E-state index contributed by atoms with van der Waals surface area (Å²) in [5, 5.41) is 12.8. The van der Waals surface area contributed by atoms with Gasteiger partial charge in [-0.25, -0.2) is 19.6 Å². The van der Waals surface area contributed by atoms with Gasteiger partial charge in [0.15, 0.2) is 5.65 Å². The van der Waals surface area contributed by atoms with Crippen molar-refractivity contribution in [2.75, 3.05) is 12.4 Å². The Balaban J connectivity index is 0.000000429. The van der Waals surface area contributed by atoms with E-state index < -0.39 is 12.1 Å². The largest absolute Gasteiger partial charge is 0.497 e. The second-order valence-corrected chi connectivity index (χ2v) is 7.00. The van der Waals surface area contributed by atoms with Gasteiger partial charge in [0.2, 0.25) is 0 Å². The summed E-state index contributed by atoms with van der Waals surface area (Å²) in [6.07, 6.45) is -1.72. The number of carboxylic acid groups (broad SMARTS) is 1. The van der Waals surface area contributed by atoms with Crippen LogP contribution >= 0.6 is 0 Å². The zero-order valence-corrected chi connectivity index (χ0v) is 18.3. The number of ether oxygens (including phenoxy) is 1. The normalized spacial score (nSPS) is 10.7. The van der Waals surface area contributed by atoms with E-state index >= 15 is 0 Å². The molecule has 182 valence electrons. The number of carbonyl (C=O) groups excluding carboxylic acids is 1. The fourth-order valence-corrected chi connectivity index (χ4v) is 2.96. The molecule has 9 nitrogen and oxygen atoms in total. The number of rotatable bonds is 5. The van der Waals surface area contributed by atoms with E-state index in [9.17, 15) is 18.0 Å².